The molecular formula is C18H23NO7S. The van der Waals surface area contributed by atoms with Gasteiger partial charge in [-0.15, -0.1) is 0 Å². The average molecular weight is 397 g/mol. The van der Waals surface area contributed by atoms with Gasteiger partial charge in [-0.2, -0.15) is 0 Å². The van der Waals surface area contributed by atoms with Gasteiger partial charge in [0.05, 0.1) is 16.6 Å². The third-order valence-corrected chi connectivity index (χ3v) is 6.63. The van der Waals surface area contributed by atoms with Crippen molar-refractivity contribution in [1.29, 1.82) is 0 Å². The topological polar surface area (TPSA) is 119 Å². The van der Waals surface area contributed by atoms with Crippen LogP contribution in [0.25, 0.3) is 0 Å². The maximum atomic E-state index is 12.5. The minimum Gasteiger partial charge on any atom is -0.486 e. The molecule has 8 nitrogen and oxygen atoms in total. The summed E-state index contributed by atoms with van der Waals surface area (Å²) in [6.07, 6.45) is 2.09. The number of amides is 1. The lowest BCUT2D eigenvalue weighted by Crippen LogP contribution is -2.39. The molecule has 1 fully saturated rings. The molecule has 9 heteroatoms. The van der Waals surface area contributed by atoms with Crippen LogP contribution in [-0.2, 0) is 19.4 Å². The number of rotatable bonds is 6. The average Bonchev–Trinajstić information content (AvgIpc) is 2.66. The van der Waals surface area contributed by atoms with Gasteiger partial charge in [-0.1, -0.05) is 0 Å². The van der Waals surface area contributed by atoms with E-state index < -0.39 is 15.8 Å². The molecule has 1 amide bonds. The first-order valence-corrected chi connectivity index (χ1v) is 10.6. The summed E-state index contributed by atoms with van der Waals surface area (Å²) >= 11 is 0. The smallest absolute Gasteiger partial charge is 0.306 e. The van der Waals surface area contributed by atoms with E-state index >= 15 is 0 Å². The summed E-state index contributed by atoms with van der Waals surface area (Å²) in [4.78, 5) is 23.1. The number of carboxylic acid groups (broad SMARTS) is 1. The minimum atomic E-state index is -3.62. The molecular weight excluding hydrogens is 374 g/mol. The van der Waals surface area contributed by atoms with Gasteiger partial charge in [0, 0.05) is 18.5 Å². The van der Waals surface area contributed by atoms with Gasteiger partial charge in [-0.05, 0) is 37.8 Å². The molecule has 2 aliphatic rings. The van der Waals surface area contributed by atoms with E-state index in [0.717, 1.165) is 0 Å². The highest BCUT2D eigenvalue weighted by Gasteiger charge is 2.27. The third-order valence-electron chi connectivity index (χ3n) is 4.91. The van der Waals surface area contributed by atoms with E-state index in [9.17, 15) is 18.0 Å². The van der Waals surface area contributed by atoms with Gasteiger partial charge in [0.15, 0.2) is 21.3 Å². The molecule has 1 aliphatic carbocycles. The van der Waals surface area contributed by atoms with Crippen LogP contribution in [0.3, 0.4) is 0 Å². The van der Waals surface area contributed by atoms with Gasteiger partial charge in [0.1, 0.15) is 13.2 Å². The monoisotopic (exact) mass is 397 g/mol. The van der Waals surface area contributed by atoms with Crippen LogP contribution in [0.15, 0.2) is 23.1 Å². The Morgan fingerprint density at radius 1 is 1.07 bits per heavy atom. The number of carboxylic acids is 1. The van der Waals surface area contributed by atoms with E-state index in [0.29, 0.717) is 50.4 Å². The summed E-state index contributed by atoms with van der Waals surface area (Å²) in [5.74, 6) is -0.894. The van der Waals surface area contributed by atoms with E-state index in [1.807, 2.05) is 0 Å². The Morgan fingerprint density at radius 2 is 1.74 bits per heavy atom. The zero-order valence-corrected chi connectivity index (χ0v) is 15.7. The Morgan fingerprint density at radius 3 is 2.41 bits per heavy atom. The maximum absolute atomic E-state index is 12.5. The van der Waals surface area contributed by atoms with E-state index in [1.54, 1.807) is 6.07 Å². The number of hydrogen-bond acceptors (Lipinski definition) is 6. The number of sulfone groups is 1. The van der Waals surface area contributed by atoms with Crippen molar-refractivity contribution < 1.29 is 32.6 Å². The van der Waals surface area contributed by atoms with Crippen molar-refractivity contribution in [2.24, 2.45) is 5.92 Å². The van der Waals surface area contributed by atoms with Crippen molar-refractivity contribution in [3.8, 4) is 11.5 Å². The molecule has 27 heavy (non-hydrogen) atoms. The Balaban J connectivity index is 1.51. The zero-order chi connectivity index (χ0) is 19.4. The highest BCUT2D eigenvalue weighted by molar-refractivity contribution is 7.91. The Labute approximate surface area is 157 Å². The molecule has 1 saturated carbocycles. The van der Waals surface area contributed by atoms with Crippen molar-refractivity contribution >= 4 is 21.7 Å². The normalized spacial score (nSPS) is 22.1. The summed E-state index contributed by atoms with van der Waals surface area (Å²) in [5.41, 5.74) is 0. The summed E-state index contributed by atoms with van der Waals surface area (Å²) in [6, 6.07) is 4.34. The van der Waals surface area contributed by atoms with Gasteiger partial charge < -0.3 is 19.9 Å². The summed E-state index contributed by atoms with van der Waals surface area (Å²) in [7, 11) is -3.62. The van der Waals surface area contributed by atoms with Gasteiger partial charge in [-0.25, -0.2) is 8.42 Å². The van der Waals surface area contributed by atoms with Gasteiger partial charge in [0.2, 0.25) is 5.91 Å². The van der Waals surface area contributed by atoms with E-state index in [-0.39, 0.29) is 34.9 Å². The fourth-order valence-corrected chi connectivity index (χ4v) is 4.60. The number of nitrogens with one attached hydrogen (secondary N) is 1. The molecule has 0 radical (unpaired) electrons. The highest BCUT2D eigenvalue weighted by Crippen LogP contribution is 2.32. The predicted octanol–water partition coefficient (Wildman–Crippen LogP) is 1.38. The number of ether oxygens (including phenoxy) is 2. The van der Waals surface area contributed by atoms with E-state index in [2.05, 4.69) is 5.32 Å². The Bertz CT molecular complexity index is 813. The molecule has 1 aromatic carbocycles. The second kappa shape index (κ2) is 8.16. The lowest BCUT2D eigenvalue weighted by Gasteiger charge is -2.26. The van der Waals surface area contributed by atoms with Crippen LogP contribution in [-0.4, -0.2) is 50.4 Å². The van der Waals surface area contributed by atoms with Crippen LogP contribution in [0.2, 0.25) is 0 Å². The first-order chi connectivity index (χ1) is 12.8. The van der Waals surface area contributed by atoms with Crippen LogP contribution in [0.4, 0.5) is 0 Å². The molecule has 0 spiro atoms. The minimum absolute atomic E-state index is 0.0925. The van der Waals surface area contributed by atoms with Crippen LogP contribution in [0, 0.1) is 5.92 Å². The summed E-state index contributed by atoms with van der Waals surface area (Å²) < 4.78 is 35.8. The number of fused-ring (bicyclic) bond motifs is 1. The lowest BCUT2D eigenvalue weighted by molar-refractivity contribution is -0.142. The van der Waals surface area contributed by atoms with Gasteiger partial charge in [0.25, 0.3) is 0 Å². The molecule has 0 atom stereocenters. The molecule has 0 unspecified atom stereocenters. The van der Waals surface area contributed by atoms with Crippen molar-refractivity contribution in [2.45, 2.75) is 43.0 Å². The molecule has 3 rings (SSSR count). The van der Waals surface area contributed by atoms with Gasteiger partial charge >= 0.3 is 5.97 Å². The Hall–Kier alpha value is -2.29. The predicted molar refractivity (Wildman–Crippen MR) is 95.6 cm³/mol. The fourth-order valence-electron chi connectivity index (χ4n) is 3.35. The second-order valence-electron chi connectivity index (χ2n) is 6.83. The number of carbonyl (C=O) groups is 2. The Kier molecular flexibility index (Phi) is 5.88. The van der Waals surface area contributed by atoms with Crippen LogP contribution < -0.4 is 14.8 Å². The molecule has 1 heterocycles. The number of carbonyl (C=O) groups excluding carboxylic acids is 1. The number of benzene rings is 1. The zero-order valence-electron chi connectivity index (χ0n) is 14.8. The second-order valence-corrected chi connectivity index (χ2v) is 8.94. The quantitative estimate of drug-likeness (QED) is 0.744. The molecule has 0 saturated heterocycles. The van der Waals surface area contributed by atoms with Crippen molar-refractivity contribution in [1.82, 2.24) is 5.32 Å². The molecule has 0 bridgehead atoms. The van der Waals surface area contributed by atoms with Crippen LogP contribution >= 0.6 is 0 Å². The van der Waals surface area contributed by atoms with Crippen LogP contribution in [0.5, 0.6) is 11.5 Å². The van der Waals surface area contributed by atoms with E-state index in [4.69, 9.17) is 14.6 Å². The molecule has 0 aromatic heterocycles. The summed E-state index contributed by atoms with van der Waals surface area (Å²) in [6.45, 7) is 0.788. The van der Waals surface area contributed by atoms with E-state index in [1.165, 1.54) is 12.1 Å². The molecule has 2 N–H and O–H groups in total. The fraction of sp³-hybridized carbons (Fsp3) is 0.556. The summed E-state index contributed by atoms with van der Waals surface area (Å²) in [5, 5.41) is 11.8. The molecule has 148 valence electrons. The lowest BCUT2D eigenvalue weighted by atomic mass is 9.86. The largest absolute Gasteiger partial charge is 0.486 e. The SMILES string of the molecule is O=C(CCS(=O)(=O)c1ccc2c(c1)OCCO2)NC1CCC(C(=O)O)CC1. The first kappa shape index (κ1) is 19.5. The van der Waals surface area contributed by atoms with Crippen molar-refractivity contribution in [3.05, 3.63) is 18.2 Å². The van der Waals surface area contributed by atoms with Gasteiger partial charge in [-0.3, -0.25) is 9.59 Å². The van der Waals surface area contributed by atoms with Crippen molar-refractivity contribution in [3.63, 3.8) is 0 Å². The highest BCUT2D eigenvalue weighted by atomic mass is 32.2. The molecule has 1 aliphatic heterocycles. The third kappa shape index (κ3) is 4.91. The number of hydrogen-bond donors (Lipinski definition) is 2. The maximum Gasteiger partial charge on any atom is 0.306 e. The standard InChI is InChI=1S/C18H23NO7S/c20-17(19-13-3-1-12(2-4-13)18(21)22)7-10-27(23,24)14-5-6-15-16(11-14)26-9-8-25-15/h5-6,11-13H,1-4,7-10H2,(H,19,20)(H,21,22). The van der Waals surface area contributed by atoms with Crippen LogP contribution in [0.1, 0.15) is 32.1 Å². The number of aliphatic carboxylic acids is 1. The molecule has 1 aromatic rings. The first-order valence-electron chi connectivity index (χ1n) is 9.00. The van der Waals surface area contributed by atoms with Crippen molar-refractivity contribution in [2.75, 3.05) is 19.0 Å².